The normalized spacial score (nSPS) is 10.6. The number of ether oxygens (including phenoxy) is 1. The quantitative estimate of drug-likeness (QED) is 0.335. The predicted molar refractivity (Wildman–Crippen MR) is 85.3 cm³/mol. The Morgan fingerprint density at radius 1 is 1.05 bits per heavy atom. The Morgan fingerprint density at radius 2 is 1.68 bits per heavy atom. The molecule has 0 bridgehead atoms. The highest BCUT2D eigenvalue weighted by Gasteiger charge is 2.00. The zero-order valence-corrected chi connectivity index (χ0v) is 12.8. The van der Waals surface area contributed by atoms with Crippen LogP contribution in [0.25, 0.3) is 6.08 Å². The lowest BCUT2D eigenvalue weighted by Gasteiger charge is -2.00. The maximum absolute atomic E-state index is 11.6. The summed E-state index contributed by atoms with van der Waals surface area (Å²) in [6.07, 6.45) is 3.08. The number of halogens is 2. The van der Waals surface area contributed by atoms with Gasteiger partial charge >= 0.3 is 5.97 Å². The van der Waals surface area contributed by atoms with E-state index in [1.54, 1.807) is 30.3 Å². The van der Waals surface area contributed by atoms with E-state index in [0.29, 0.717) is 10.8 Å². The van der Waals surface area contributed by atoms with E-state index in [-0.39, 0.29) is 0 Å². The van der Waals surface area contributed by atoms with Gasteiger partial charge in [0.1, 0.15) is 5.75 Å². The van der Waals surface area contributed by atoms with Gasteiger partial charge in [0.25, 0.3) is 0 Å². The molecule has 4 heteroatoms. The number of esters is 1. The minimum Gasteiger partial charge on any atom is -0.423 e. The summed E-state index contributed by atoms with van der Waals surface area (Å²) in [5.41, 5.74) is 0.893. The molecule has 0 aliphatic heterocycles. The van der Waals surface area contributed by atoms with Crippen LogP contribution in [0.3, 0.4) is 0 Å². The van der Waals surface area contributed by atoms with Crippen LogP contribution in [-0.4, -0.2) is 5.97 Å². The molecule has 96 valence electrons. The summed E-state index contributed by atoms with van der Waals surface area (Å²) in [5.74, 6) is 0.127. The lowest BCUT2D eigenvalue weighted by atomic mass is 10.2. The summed E-state index contributed by atoms with van der Waals surface area (Å²) in [5, 5.41) is 0.665. The third-order valence-corrected chi connectivity index (χ3v) is 3.29. The van der Waals surface area contributed by atoms with Crippen molar-refractivity contribution in [3.05, 3.63) is 68.8 Å². The third-order valence-electron chi connectivity index (χ3n) is 2.31. The number of rotatable bonds is 3. The standard InChI is InChI=1S/C15H10ClIO2/c16-12-4-1-11(2-5-12)3-10-15(18)19-14-8-6-13(17)7-9-14/h1-10H/b10-3+. The number of carbonyl (C=O) groups excluding carboxylic acids is 1. The van der Waals surface area contributed by atoms with E-state index < -0.39 is 5.97 Å². The Kier molecular flexibility index (Phi) is 4.99. The van der Waals surface area contributed by atoms with Gasteiger partial charge in [-0.1, -0.05) is 23.7 Å². The zero-order valence-electron chi connectivity index (χ0n) is 9.85. The van der Waals surface area contributed by atoms with Gasteiger partial charge < -0.3 is 4.74 Å². The van der Waals surface area contributed by atoms with Crippen molar-refractivity contribution in [2.45, 2.75) is 0 Å². The molecule has 0 aliphatic carbocycles. The van der Waals surface area contributed by atoms with Crippen molar-refractivity contribution in [3.8, 4) is 5.75 Å². The Balaban J connectivity index is 1.97. The van der Waals surface area contributed by atoms with Crippen molar-refractivity contribution in [1.29, 1.82) is 0 Å². The summed E-state index contributed by atoms with van der Waals surface area (Å²) in [7, 11) is 0. The van der Waals surface area contributed by atoms with Crippen LogP contribution in [0.2, 0.25) is 5.02 Å². The number of hydrogen-bond acceptors (Lipinski definition) is 2. The molecule has 2 aromatic rings. The minimum atomic E-state index is -0.406. The molecule has 0 spiro atoms. The topological polar surface area (TPSA) is 26.3 Å². The molecule has 0 fully saturated rings. The monoisotopic (exact) mass is 384 g/mol. The van der Waals surface area contributed by atoms with Crippen LogP contribution in [-0.2, 0) is 4.79 Å². The van der Waals surface area contributed by atoms with Crippen molar-refractivity contribution in [2.75, 3.05) is 0 Å². The van der Waals surface area contributed by atoms with Crippen LogP contribution in [0, 0.1) is 3.57 Å². The van der Waals surface area contributed by atoms with Crippen molar-refractivity contribution >= 4 is 46.2 Å². The van der Waals surface area contributed by atoms with Crippen molar-refractivity contribution in [1.82, 2.24) is 0 Å². The molecule has 2 aromatic carbocycles. The molecular formula is C15H10ClIO2. The van der Waals surface area contributed by atoms with Gasteiger partial charge in [-0.3, -0.25) is 0 Å². The number of carbonyl (C=O) groups is 1. The van der Waals surface area contributed by atoms with Gasteiger partial charge in [-0.15, -0.1) is 0 Å². The molecule has 2 nitrogen and oxygen atoms in total. The van der Waals surface area contributed by atoms with Gasteiger partial charge in [-0.25, -0.2) is 4.79 Å². The van der Waals surface area contributed by atoms with E-state index >= 15 is 0 Å². The highest BCUT2D eigenvalue weighted by atomic mass is 127. The summed E-state index contributed by atoms with van der Waals surface area (Å²) in [4.78, 5) is 11.6. The summed E-state index contributed by atoms with van der Waals surface area (Å²) >= 11 is 7.97. The summed E-state index contributed by atoms with van der Waals surface area (Å²) in [6.45, 7) is 0. The zero-order chi connectivity index (χ0) is 13.7. The van der Waals surface area contributed by atoms with E-state index in [4.69, 9.17) is 16.3 Å². The van der Waals surface area contributed by atoms with Gasteiger partial charge in [0.2, 0.25) is 0 Å². The SMILES string of the molecule is O=C(/C=C/c1ccc(Cl)cc1)Oc1ccc(I)cc1. The number of benzene rings is 2. The third kappa shape index (κ3) is 4.69. The summed E-state index contributed by atoms with van der Waals surface area (Å²) < 4.78 is 6.25. The first-order chi connectivity index (χ1) is 9.13. The lowest BCUT2D eigenvalue weighted by Crippen LogP contribution is -2.03. The van der Waals surface area contributed by atoms with E-state index in [0.717, 1.165) is 9.13 Å². The minimum absolute atomic E-state index is 0.406. The highest BCUT2D eigenvalue weighted by molar-refractivity contribution is 14.1. The van der Waals surface area contributed by atoms with Gasteiger partial charge in [0.15, 0.2) is 0 Å². The Labute approximate surface area is 130 Å². The Hall–Kier alpha value is -1.33. The molecule has 19 heavy (non-hydrogen) atoms. The van der Waals surface area contributed by atoms with Gasteiger partial charge in [0.05, 0.1) is 0 Å². The molecule has 0 aliphatic rings. The maximum atomic E-state index is 11.6. The molecule has 0 radical (unpaired) electrons. The van der Waals surface area contributed by atoms with E-state index in [2.05, 4.69) is 22.6 Å². The van der Waals surface area contributed by atoms with Crippen molar-refractivity contribution < 1.29 is 9.53 Å². The van der Waals surface area contributed by atoms with Crippen molar-refractivity contribution in [2.24, 2.45) is 0 Å². The molecule has 0 heterocycles. The average molecular weight is 385 g/mol. The Bertz CT molecular complexity index is 589. The summed E-state index contributed by atoms with van der Waals surface area (Å²) in [6, 6.07) is 14.5. The molecule has 0 aromatic heterocycles. The fraction of sp³-hybridized carbons (Fsp3) is 0. The lowest BCUT2D eigenvalue weighted by molar-refractivity contribution is -0.128. The van der Waals surface area contributed by atoms with E-state index in [1.807, 2.05) is 24.3 Å². The van der Waals surface area contributed by atoms with Crippen LogP contribution in [0.15, 0.2) is 54.6 Å². The van der Waals surface area contributed by atoms with E-state index in [9.17, 15) is 4.79 Å². The molecule has 0 saturated heterocycles. The van der Waals surface area contributed by atoms with Crippen LogP contribution in [0.4, 0.5) is 0 Å². The smallest absolute Gasteiger partial charge is 0.336 e. The Morgan fingerprint density at radius 3 is 2.32 bits per heavy atom. The average Bonchev–Trinajstić information content (AvgIpc) is 2.41. The maximum Gasteiger partial charge on any atom is 0.336 e. The van der Waals surface area contributed by atoms with Crippen molar-refractivity contribution in [3.63, 3.8) is 0 Å². The van der Waals surface area contributed by atoms with Crippen LogP contribution in [0.1, 0.15) is 5.56 Å². The molecular weight excluding hydrogens is 375 g/mol. The molecule has 0 N–H and O–H groups in total. The first-order valence-electron chi connectivity index (χ1n) is 5.54. The van der Waals surface area contributed by atoms with Gasteiger partial charge in [0, 0.05) is 14.7 Å². The highest BCUT2D eigenvalue weighted by Crippen LogP contribution is 2.14. The first kappa shape index (κ1) is 14.1. The van der Waals surface area contributed by atoms with E-state index in [1.165, 1.54) is 6.08 Å². The molecule has 0 saturated carbocycles. The van der Waals surface area contributed by atoms with Crippen LogP contribution >= 0.6 is 34.2 Å². The number of hydrogen-bond donors (Lipinski definition) is 0. The predicted octanol–water partition coefficient (Wildman–Crippen LogP) is 4.56. The molecule has 0 atom stereocenters. The van der Waals surface area contributed by atoms with Gasteiger partial charge in [-0.2, -0.15) is 0 Å². The second-order valence-electron chi connectivity index (χ2n) is 3.76. The largest absolute Gasteiger partial charge is 0.423 e. The molecule has 0 amide bonds. The van der Waals surface area contributed by atoms with Crippen LogP contribution in [0.5, 0.6) is 5.75 Å². The second kappa shape index (κ2) is 6.73. The van der Waals surface area contributed by atoms with Gasteiger partial charge in [-0.05, 0) is 70.6 Å². The molecule has 2 rings (SSSR count). The second-order valence-corrected chi connectivity index (χ2v) is 5.44. The molecule has 0 unspecified atom stereocenters. The first-order valence-corrected chi connectivity index (χ1v) is 7.00. The fourth-order valence-corrected chi connectivity index (χ4v) is 1.88. The fourth-order valence-electron chi connectivity index (χ4n) is 1.39. The van der Waals surface area contributed by atoms with Crippen LogP contribution < -0.4 is 4.74 Å².